The molecule has 0 bridgehead atoms. The second-order valence-corrected chi connectivity index (χ2v) is 8.58. The molecule has 4 aromatic rings. The fourth-order valence-electron chi connectivity index (χ4n) is 3.35. The fraction of sp³-hybridized carbons (Fsp3) is 0.190. The zero-order chi connectivity index (χ0) is 19.5. The number of aryl methyl sites for hydroxylation is 3. The number of nitrogens with one attached hydrogen (secondary N) is 1. The summed E-state index contributed by atoms with van der Waals surface area (Å²) in [5.41, 5.74) is 8.77. The van der Waals surface area contributed by atoms with E-state index in [4.69, 9.17) is 16.1 Å². The molecule has 0 amide bonds. The van der Waals surface area contributed by atoms with Crippen LogP contribution >= 0.6 is 22.7 Å². The van der Waals surface area contributed by atoms with E-state index >= 15 is 0 Å². The molecule has 5 nitrogen and oxygen atoms in total. The summed E-state index contributed by atoms with van der Waals surface area (Å²) in [4.78, 5) is 20.7. The van der Waals surface area contributed by atoms with Crippen LogP contribution in [0.5, 0.6) is 0 Å². The van der Waals surface area contributed by atoms with Crippen molar-refractivity contribution < 1.29 is 0 Å². The van der Waals surface area contributed by atoms with Gasteiger partial charge in [0.25, 0.3) is 5.56 Å². The Labute approximate surface area is 170 Å². The van der Waals surface area contributed by atoms with Gasteiger partial charge in [0, 0.05) is 21.5 Å². The lowest BCUT2D eigenvalue weighted by Crippen LogP contribution is -2.26. The summed E-state index contributed by atoms with van der Waals surface area (Å²) in [6.07, 6.45) is 4.13. The van der Waals surface area contributed by atoms with Crippen molar-refractivity contribution in [2.24, 2.45) is 0 Å². The van der Waals surface area contributed by atoms with E-state index in [1.807, 2.05) is 17.5 Å². The maximum Gasteiger partial charge on any atom is 0.261 e. The van der Waals surface area contributed by atoms with E-state index < -0.39 is 0 Å². The molecule has 0 unspecified atom stereocenters. The van der Waals surface area contributed by atoms with Gasteiger partial charge in [-0.2, -0.15) is 0 Å². The molecule has 4 heterocycles. The van der Waals surface area contributed by atoms with Gasteiger partial charge in [0.15, 0.2) is 0 Å². The van der Waals surface area contributed by atoms with Crippen LogP contribution in [-0.4, -0.2) is 15.6 Å². The number of rotatable bonds is 7. The molecule has 0 radical (unpaired) electrons. The second kappa shape index (κ2) is 8.08. The van der Waals surface area contributed by atoms with Gasteiger partial charge in [-0.25, -0.2) is 4.98 Å². The first-order valence-electron chi connectivity index (χ1n) is 9.05. The number of nitrogen functional groups attached to an aromatic ring is 1. The number of hydrogen-bond acceptors (Lipinski definition) is 6. The van der Waals surface area contributed by atoms with Crippen molar-refractivity contribution in [3.05, 3.63) is 84.2 Å². The lowest BCUT2D eigenvalue weighted by Gasteiger charge is -2.13. The van der Waals surface area contributed by atoms with Crippen LogP contribution in [0.4, 0.5) is 5.69 Å². The highest BCUT2D eigenvalue weighted by molar-refractivity contribution is 7.10. The van der Waals surface area contributed by atoms with Gasteiger partial charge in [-0.05, 0) is 60.7 Å². The molecule has 0 saturated heterocycles. The molecule has 0 aliphatic carbocycles. The highest BCUT2D eigenvalue weighted by atomic mass is 32.1. The number of nitrogens with zero attached hydrogens (tertiary/aromatic N) is 2. The van der Waals surface area contributed by atoms with Crippen molar-refractivity contribution >= 4 is 40.2 Å². The van der Waals surface area contributed by atoms with Crippen LogP contribution in [0.2, 0.25) is 0 Å². The smallest absolute Gasteiger partial charge is 0.261 e. The van der Waals surface area contributed by atoms with Crippen molar-refractivity contribution in [2.45, 2.75) is 25.7 Å². The van der Waals surface area contributed by atoms with E-state index in [0.717, 1.165) is 36.7 Å². The molecular formula is C21H20N4OS2. The van der Waals surface area contributed by atoms with Crippen molar-refractivity contribution in [3.8, 4) is 0 Å². The fourth-order valence-corrected chi connectivity index (χ4v) is 4.76. The van der Waals surface area contributed by atoms with Crippen LogP contribution < -0.4 is 11.3 Å². The summed E-state index contributed by atoms with van der Waals surface area (Å²) in [5, 5.41) is 11.8. The van der Waals surface area contributed by atoms with Crippen molar-refractivity contribution in [2.75, 3.05) is 5.73 Å². The Kier molecular flexibility index (Phi) is 5.36. The van der Waals surface area contributed by atoms with Crippen molar-refractivity contribution in [3.63, 3.8) is 0 Å². The first-order valence-corrected chi connectivity index (χ1v) is 10.8. The predicted octanol–water partition coefficient (Wildman–Crippen LogP) is 3.97. The Morgan fingerprint density at radius 1 is 1.00 bits per heavy atom. The SMILES string of the molecule is N=Cc1c(N)ccc2nc(CCc3cccs3)c(CCc3cccs3)c(=O)n12. The van der Waals surface area contributed by atoms with Gasteiger partial charge in [0.2, 0.25) is 0 Å². The van der Waals surface area contributed by atoms with Crippen LogP contribution in [0.15, 0.2) is 52.0 Å². The monoisotopic (exact) mass is 408 g/mol. The number of thiophene rings is 2. The van der Waals surface area contributed by atoms with Gasteiger partial charge in [-0.15, -0.1) is 22.7 Å². The van der Waals surface area contributed by atoms with E-state index in [9.17, 15) is 4.79 Å². The molecule has 0 fully saturated rings. The van der Waals surface area contributed by atoms with Gasteiger partial charge < -0.3 is 11.1 Å². The minimum atomic E-state index is -0.117. The molecule has 142 valence electrons. The van der Waals surface area contributed by atoms with Gasteiger partial charge >= 0.3 is 0 Å². The van der Waals surface area contributed by atoms with Crippen LogP contribution in [0.1, 0.15) is 26.7 Å². The predicted molar refractivity (Wildman–Crippen MR) is 117 cm³/mol. The third kappa shape index (κ3) is 3.63. The molecule has 3 N–H and O–H groups in total. The van der Waals surface area contributed by atoms with Crippen LogP contribution in [0.25, 0.3) is 5.65 Å². The zero-order valence-corrected chi connectivity index (χ0v) is 16.9. The lowest BCUT2D eigenvalue weighted by molar-refractivity contribution is 0.831. The number of nitrogens with two attached hydrogens (primary N) is 1. The Bertz CT molecular complexity index is 1160. The summed E-state index contributed by atoms with van der Waals surface area (Å²) in [6, 6.07) is 11.7. The topological polar surface area (TPSA) is 84.2 Å². The standard InChI is InChI=1S/C21H20N4OS2/c22-13-19-17(23)8-10-20-24-18(9-6-15-4-2-12-28-15)16(21(26)25(19)20)7-5-14-3-1-11-27-14/h1-4,8,10-13,22H,5-7,9,23H2. The van der Waals surface area contributed by atoms with E-state index in [1.54, 1.807) is 34.8 Å². The maximum atomic E-state index is 13.4. The minimum Gasteiger partial charge on any atom is -0.397 e. The third-order valence-electron chi connectivity index (χ3n) is 4.76. The molecule has 28 heavy (non-hydrogen) atoms. The molecule has 4 rings (SSSR count). The van der Waals surface area contributed by atoms with Crippen LogP contribution in [0, 0.1) is 5.41 Å². The summed E-state index contributed by atoms with van der Waals surface area (Å²) < 4.78 is 1.47. The Morgan fingerprint density at radius 3 is 2.29 bits per heavy atom. The highest BCUT2D eigenvalue weighted by Gasteiger charge is 2.16. The van der Waals surface area contributed by atoms with E-state index in [0.29, 0.717) is 23.4 Å². The van der Waals surface area contributed by atoms with Gasteiger partial charge in [0.1, 0.15) is 5.65 Å². The van der Waals surface area contributed by atoms with Crippen LogP contribution in [-0.2, 0) is 25.7 Å². The molecule has 0 saturated carbocycles. The van der Waals surface area contributed by atoms with E-state index in [-0.39, 0.29) is 5.56 Å². The van der Waals surface area contributed by atoms with E-state index in [1.165, 1.54) is 14.2 Å². The molecule has 0 aromatic carbocycles. The minimum absolute atomic E-state index is 0.117. The molecule has 0 aliphatic heterocycles. The van der Waals surface area contributed by atoms with E-state index in [2.05, 4.69) is 17.5 Å². The largest absolute Gasteiger partial charge is 0.397 e. The normalized spacial score (nSPS) is 11.1. The molecule has 0 spiro atoms. The van der Waals surface area contributed by atoms with Gasteiger partial charge in [0.05, 0.1) is 17.1 Å². The Balaban J connectivity index is 1.79. The quantitative estimate of drug-likeness (QED) is 0.454. The number of anilines is 1. The summed E-state index contributed by atoms with van der Waals surface area (Å²) >= 11 is 3.41. The van der Waals surface area contributed by atoms with Crippen molar-refractivity contribution in [1.29, 1.82) is 5.41 Å². The summed E-state index contributed by atoms with van der Waals surface area (Å²) in [5.74, 6) is 0. The molecular weight excluding hydrogens is 388 g/mol. The zero-order valence-electron chi connectivity index (χ0n) is 15.2. The second-order valence-electron chi connectivity index (χ2n) is 6.51. The molecule has 0 atom stereocenters. The number of pyridine rings is 1. The number of hydrogen-bond donors (Lipinski definition) is 2. The lowest BCUT2D eigenvalue weighted by atomic mass is 10.0. The molecule has 0 aliphatic rings. The van der Waals surface area contributed by atoms with Gasteiger partial charge in [-0.1, -0.05) is 12.1 Å². The average molecular weight is 409 g/mol. The Hall–Kier alpha value is -2.77. The maximum absolute atomic E-state index is 13.4. The number of aromatic nitrogens is 2. The first kappa shape index (κ1) is 18.6. The number of fused-ring (bicyclic) bond motifs is 1. The molecule has 7 heteroatoms. The Morgan fingerprint density at radius 2 is 1.68 bits per heavy atom. The highest BCUT2D eigenvalue weighted by Crippen LogP contribution is 2.18. The molecule has 4 aromatic heterocycles. The van der Waals surface area contributed by atoms with Crippen LogP contribution in [0.3, 0.4) is 0 Å². The average Bonchev–Trinajstić information content (AvgIpc) is 3.40. The van der Waals surface area contributed by atoms with Gasteiger partial charge in [-0.3, -0.25) is 9.20 Å². The summed E-state index contributed by atoms with van der Waals surface area (Å²) in [6.45, 7) is 0. The van der Waals surface area contributed by atoms with Crippen molar-refractivity contribution in [1.82, 2.24) is 9.38 Å². The first-order chi connectivity index (χ1) is 13.7. The summed E-state index contributed by atoms with van der Waals surface area (Å²) in [7, 11) is 0. The third-order valence-corrected chi connectivity index (χ3v) is 6.64.